The Morgan fingerprint density at radius 3 is 2.43 bits per heavy atom. The minimum Gasteiger partial charge on any atom is -0.391 e. The molecule has 0 aliphatic rings. The van der Waals surface area contributed by atoms with E-state index in [1.165, 1.54) is 10.5 Å². The second-order valence-corrected chi connectivity index (χ2v) is 7.55. The summed E-state index contributed by atoms with van der Waals surface area (Å²) in [4.78, 5) is 7.01. The molecule has 0 saturated heterocycles. The standard InChI is InChI=1S/C16H23N3O3S/c1-4-14(20)11-19(13-8-6-5-7-9-13)23(21,22)15-10-17-16(18-15)12(2)3/h5-10,12,14,20H,4,11H2,1-3H3,(H,17,18)/t14-/m1/s1. The van der Waals surface area contributed by atoms with Crippen LogP contribution < -0.4 is 4.31 Å². The number of aliphatic hydroxyl groups is 1. The van der Waals surface area contributed by atoms with Gasteiger partial charge in [-0.25, -0.2) is 4.98 Å². The van der Waals surface area contributed by atoms with Crippen LogP contribution in [0.15, 0.2) is 41.6 Å². The Bertz CT molecular complexity index is 726. The first kappa shape index (κ1) is 17.5. The van der Waals surface area contributed by atoms with Gasteiger partial charge in [-0.3, -0.25) is 4.31 Å². The Hall–Kier alpha value is -1.86. The molecule has 0 bridgehead atoms. The van der Waals surface area contributed by atoms with Crippen molar-refractivity contribution in [3.8, 4) is 0 Å². The molecule has 0 amide bonds. The molecule has 6 nitrogen and oxygen atoms in total. The van der Waals surface area contributed by atoms with Crippen molar-refractivity contribution in [2.45, 2.75) is 44.2 Å². The van der Waals surface area contributed by atoms with Crippen molar-refractivity contribution in [2.75, 3.05) is 10.8 Å². The number of nitrogens with zero attached hydrogens (tertiary/aromatic N) is 2. The molecule has 1 atom stereocenters. The molecule has 0 saturated carbocycles. The van der Waals surface area contributed by atoms with Gasteiger partial charge in [-0.2, -0.15) is 8.42 Å². The molecule has 7 heteroatoms. The molecule has 2 rings (SSSR count). The minimum absolute atomic E-state index is 0.00111. The smallest absolute Gasteiger partial charge is 0.281 e. The second-order valence-electron chi connectivity index (χ2n) is 5.72. The van der Waals surface area contributed by atoms with E-state index < -0.39 is 16.1 Å². The topological polar surface area (TPSA) is 86.3 Å². The van der Waals surface area contributed by atoms with Gasteiger partial charge in [-0.1, -0.05) is 39.0 Å². The van der Waals surface area contributed by atoms with Crippen molar-refractivity contribution in [3.05, 3.63) is 42.4 Å². The van der Waals surface area contributed by atoms with Crippen LogP contribution in [-0.4, -0.2) is 36.1 Å². The number of hydrogen-bond acceptors (Lipinski definition) is 4. The maximum absolute atomic E-state index is 13.0. The number of anilines is 1. The van der Waals surface area contributed by atoms with Crippen LogP contribution in [0.5, 0.6) is 0 Å². The second kappa shape index (κ2) is 7.14. The number of benzene rings is 1. The number of aromatic nitrogens is 2. The summed E-state index contributed by atoms with van der Waals surface area (Å²) in [6, 6.07) is 8.77. The normalized spacial score (nSPS) is 13.3. The predicted molar refractivity (Wildman–Crippen MR) is 89.9 cm³/mol. The fraction of sp³-hybridized carbons (Fsp3) is 0.438. The van der Waals surface area contributed by atoms with Gasteiger partial charge in [0.15, 0.2) is 5.03 Å². The Labute approximate surface area is 137 Å². The van der Waals surface area contributed by atoms with Gasteiger partial charge in [-0.15, -0.1) is 0 Å². The van der Waals surface area contributed by atoms with E-state index in [1.807, 2.05) is 26.8 Å². The summed E-state index contributed by atoms with van der Waals surface area (Å²) in [5, 5.41) is 10.00. The number of nitrogens with one attached hydrogen (secondary N) is 1. The summed E-state index contributed by atoms with van der Waals surface area (Å²) in [5.74, 6) is 0.720. The van der Waals surface area contributed by atoms with Crippen LogP contribution in [-0.2, 0) is 10.0 Å². The van der Waals surface area contributed by atoms with Gasteiger partial charge in [0.25, 0.3) is 10.0 Å². The molecule has 23 heavy (non-hydrogen) atoms. The molecule has 0 aliphatic heterocycles. The third kappa shape index (κ3) is 3.92. The van der Waals surface area contributed by atoms with Crippen molar-refractivity contribution in [3.63, 3.8) is 0 Å². The molecule has 0 aliphatic carbocycles. The van der Waals surface area contributed by atoms with Gasteiger partial charge in [-0.05, 0) is 18.6 Å². The Morgan fingerprint density at radius 2 is 1.91 bits per heavy atom. The van der Waals surface area contributed by atoms with E-state index in [9.17, 15) is 13.5 Å². The van der Waals surface area contributed by atoms with Crippen molar-refractivity contribution < 1.29 is 13.5 Å². The lowest BCUT2D eigenvalue weighted by Gasteiger charge is -2.25. The third-order valence-corrected chi connectivity index (χ3v) is 5.28. The first-order valence-electron chi connectivity index (χ1n) is 7.67. The van der Waals surface area contributed by atoms with E-state index in [4.69, 9.17) is 0 Å². The molecular weight excluding hydrogens is 314 g/mol. The Balaban J connectivity index is 2.43. The molecule has 0 unspecified atom stereocenters. The van der Waals surface area contributed by atoms with Crippen molar-refractivity contribution >= 4 is 15.7 Å². The van der Waals surface area contributed by atoms with E-state index in [2.05, 4.69) is 9.97 Å². The first-order chi connectivity index (χ1) is 10.9. The quantitative estimate of drug-likeness (QED) is 0.813. The molecule has 1 aromatic carbocycles. The number of H-pyrrole nitrogens is 1. The first-order valence-corrected chi connectivity index (χ1v) is 9.11. The molecule has 126 valence electrons. The zero-order valence-corrected chi connectivity index (χ0v) is 14.4. The fourth-order valence-corrected chi connectivity index (χ4v) is 3.54. The van der Waals surface area contributed by atoms with Crippen molar-refractivity contribution in [2.24, 2.45) is 0 Å². The van der Waals surface area contributed by atoms with Gasteiger partial charge in [0.05, 0.1) is 24.5 Å². The van der Waals surface area contributed by atoms with Gasteiger partial charge in [0.2, 0.25) is 0 Å². The number of imidazole rings is 1. The lowest BCUT2D eigenvalue weighted by Crippen LogP contribution is -2.37. The Morgan fingerprint density at radius 1 is 1.26 bits per heavy atom. The molecule has 0 fully saturated rings. The van der Waals surface area contributed by atoms with E-state index >= 15 is 0 Å². The molecule has 1 aromatic heterocycles. The van der Waals surface area contributed by atoms with Gasteiger partial charge < -0.3 is 10.1 Å². The highest BCUT2D eigenvalue weighted by Gasteiger charge is 2.28. The number of sulfonamides is 1. The van der Waals surface area contributed by atoms with Crippen LogP contribution >= 0.6 is 0 Å². The van der Waals surface area contributed by atoms with E-state index in [1.54, 1.807) is 24.3 Å². The summed E-state index contributed by atoms with van der Waals surface area (Å²) in [5.41, 5.74) is 0.515. The minimum atomic E-state index is -3.82. The SMILES string of the molecule is CC[C@@H](O)CN(c1ccccc1)S(=O)(=O)c1cnc(C(C)C)[nH]1. The monoisotopic (exact) mass is 337 g/mol. The lowest BCUT2D eigenvalue weighted by atomic mass is 10.2. The molecule has 1 heterocycles. The van der Waals surface area contributed by atoms with E-state index in [0.29, 0.717) is 17.9 Å². The van der Waals surface area contributed by atoms with E-state index in [-0.39, 0.29) is 17.5 Å². The molecule has 0 radical (unpaired) electrons. The maximum atomic E-state index is 13.0. The average molecular weight is 337 g/mol. The van der Waals surface area contributed by atoms with Crippen molar-refractivity contribution in [1.82, 2.24) is 9.97 Å². The summed E-state index contributed by atoms with van der Waals surface area (Å²) in [7, 11) is -3.82. The third-order valence-electron chi connectivity index (χ3n) is 3.58. The van der Waals surface area contributed by atoms with Crippen LogP contribution in [0.4, 0.5) is 5.69 Å². The maximum Gasteiger partial charge on any atom is 0.281 e. The fourth-order valence-electron chi connectivity index (χ4n) is 2.12. The molecular formula is C16H23N3O3S. The van der Waals surface area contributed by atoms with Gasteiger partial charge in [0, 0.05) is 5.92 Å². The number of aliphatic hydroxyl groups excluding tert-OH is 1. The highest BCUT2D eigenvalue weighted by atomic mass is 32.2. The summed E-state index contributed by atoms with van der Waals surface area (Å²) < 4.78 is 27.1. The van der Waals surface area contributed by atoms with Gasteiger partial charge >= 0.3 is 0 Å². The number of rotatable bonds is 7. The predicted octanol–water partition coefficient (Wildman–Crippen LogP) is 2.50. The molecule has 2 aromatic rings. The van der Waals surface area contributed by atoms with Gasteiger partial charge in [0.1, 0.15) is 5.82 Å². The molecule has 2 N–H and O–H groups in total. The molecule has 0 spiro atoms. The van der Waals surface area contributed by atoms with Crippen LogP contribution in [0.3, 0.4) is 0 Å². The van der Waals surface area contributed by atoms with Crippen molar-refractivity contribution in [1.29, 1.82) is 0 Å². The number of aromatic amines is 1. The van der Waals surface area contributed by atoms with Crippen LogP contribution in [0.1, 0.15) is 38.9 Å². The summed E-state index contributed by atoms with van der Waals surface area (Å²) >= 11 is 0. The Kier molecular flexibility index (Phi) is 5.43. The van der Waals surface area contributed by atoms with Crippen LogP contribution in [0.25, 0.3) is 0 Å². The lowest BCUT2D eigenvalue weighted by molar-refractivity contribution is 0.179. The number of para-hydroxylation sites is 1. The zero-order valence-electron chi connectivity index (χ0n) is 13.6. The van der Waals surface area contributed by atoms with Crippen LogP contribution in [0, 0.1) is 0 Å². The van der Waals surface area contributed by atoms with Crippen LogP contribution in [0.2, 0.25) is 0 Å². The average Bonchev–Trinajstić information content (AvgIpc) is 3.04. The zero-order chi connectivity index (χ0) is 17.0. The summed E-state index contributed by atoms with van der Waals surface area (Å²) in [6.07, 6.45) is 1.07. The highest BCUT2D eigenvalue weighted by molar-refractivity contribution is 7.92. The highest BCUT2D eigenvalue weighted by Crippen LogP contribution is 2.24. The number of hydrogen-bond donors (Lipinski definition) is 2. The van der Waals surface area contributed by atoms with E-state index in [0.717, 1.165) is 0 Å². The largest absolute Gasteiger partial charge is 0.391 e. The summed E-state index contributed by atoms with van der Waals surface area (Å²) in [6.45, 7) is 5.68.